The van der Waals surface area contributed by atoms with Crippen LogP contribution in [0.15, 0.2) is 42.5 Å². The van der Waals surface area contributed by atoms with Gasteiger partial charge >= 0.3 is 0 Å². The minimum Gasteiger partial charge on any atom is -0.493 e. The molecule has 2 aromatic rings. The first-order valence-electron chi connectivity index (χ1n) is 9.49. The number of hydrogen-bond donors (Lipinski definition) is 0. The lowest BCUT2D eigenvalue weighted by molar-refractivity contribution is 0.224. The highest BCUT2D eigenvalue weighted by molar-refractivity contribution is 6.33. The molecule has 0 saturated carbocycles. The summed E-state index contributed by atoms with van der Waals surface area (Å²) in [6.07, 6.45) is 0. The van der Waals surface area contributed by atoms with E-state index in [9.17, 15) is 0 Å². The van der Waals surface area contributed by atoms with Crippen LogP contribution in [-0.4, -0.2) is 50.7 Å². The van der Waals surface area contributed by atoms with Crippen molar-refractivity contribution in [3.8, 4) is 11.5 Å². The zero-order valence-electron chi connectivity index (χ0n) is 16.2. The van der Waals surface area contributed by atoms with Crippen LogP contribution >= 0.6 is 11.6 Å². The van der Waals surface area contributed by atoms with E-state index >= 15 is 0 Å². The molecule has 0 radical (unpaired) electrons. The normalized spacial score (nSPS) is 25.6. The lowest BCUT2D eigenvalue weighted by Crippen LogP contribution is -2.29. The van der Waals surface area contributed by atoms with Gasteiger partial charge in [-0.15, -0.1) is 0 Å². The van der Waals surface area contributed by atoms with Crippen LogP contribution in [0.1, 0.15) is 17.2 Å². The van der Waals surface area contributed by atoms with Crippen molar-refractivity contribution in [1.29, 1.82) is 0 Å². The Morgan fingerprint density at radius 2 is 1.78 bits per heavy atom. The molecule has 0 N–H and O–H groups in total. The topological polar surface area (TPSA) is 24.9 Å². The largest absolute Gasteiger partial charge is 0.493 e. The Balaban J connectivity index is 1.51. The van der Waals surface area contributed by atoms with Gasteiger partial charge in [0.2, 0.25) is 0 Å². The van der Waals surface area contributed by atoms with E-state index in [4.69, 9.17) is 21.1 Å². The fourth-order valence-corrected chi connectivity index (χ4v) is 5.22. The van der Waals surface area contributed by atoms with Crippen LogP contribution < -0.4 is 9.47 Å². The summed E-state index contributed by atoms with van der Waals surface area (Å²) in [5, 5.41) is 0.658. The van der Waals surface area contributed by atoms with Crippen molar-refractivity contribution in [2.75, 3.05) is 40.9 Å². The van der Waals surface area contributed by atoms with Crippen LogP contribution in [0, 0.1) is 11.8 Å². The standard InChI is InChI=1S/C22H27ClN2O2/c1-24-11-17-13-25(14-18(17)21(24)15-7-5-4-6-8-15)12-16-9-10-19(26-2)22(27-3)20(16)23/h4-10,17-18,21H,11-14H2,1-3H3/t17-,18+,21-/m0/s1. The molecule has 2 aromatic carbocycles. The van der Waals surface area contributed by atoms with Crippen molar-refractivity contribution in [2.45, 2.75) is 12.6 Å². The third-order valence-corrected chi connectivity index (χ3v) is 6.48. The molecule has 2 aliphatic heterocycles. The summed E-state index contributed by atoms with van der Waals surface area (Å²) < 4.78 is 10.8. The molecule has 3 atom stereocenters. The van der Waals surface area contributed by atoms with Crippen LogP contribution in [0.4, 0.5) is 0 Å². The summed E-state index contributed by atoms with van der Waals surface area (Å²) in [4.78, 5) is 5.05. The first kappa shape index (κ1) is 18.6. The van der Waals surface area contributed by atoms with Gasteiger partial charge in [0, 0.05) is 32.2 Å². The number of hydrogen-bond acceptors (Lipinski definition) is 4. The average molecular weight is 387 g/mol. The molecule has 0 unspecified atom stereocenters. The molecular weight excluding hydrogens is 360 g/mol. The number of benzene rings is 2. The number of halogens is 1. The Labute approximate surface area is 166 Å². The van der Waals surface area contributed by atoms with Crippen LogP contribution in [-0.2, 0) is 6.54 Å². The molecule has 2 heterocycles. The summed E-state index contributed by atoms with van der Waals surface area (Å²) >= 11 is 6.60. The lowest BCUT2D eigenvalue weighted by atomic mass is 9.90. The van der Waals surface area contributed by atoms with Crippen LogP contribution in [0.3, 0.4) is 0 Å². The summed E-state index contributed by atoms with van der Waals surface area (Å²) in [7, 11) is 5.52. The van der Waals surface area contributed by atoms with Crippen molar-refractivity contribution in [3.05, 3.63) is 58.6 Å². The Morgan fingerprint density at radius 1 is 1.00 bits per heavy atom. The van der Waals surface area contributed by atoms with E-state index < -0.39 is 0 Å². The second-order valence-corrected chi connectivity index (χ2v) is 8.07. The molecule has 2 fully saturated rings. The van der Waals surface area contributed by atoms with Crippen LogP contribution in [0.5, 0.6) is 11.5 Å². The van der Waals surface area contributed by atoms with E-state index in [0.29, 0.717) is 34.4 Å². The molecule has 0 aromatic heterocycles. The SMILES string of the molecule is COc1ccc(CN2C[C@@H]3CN(C)[C@@H](c4ccccc4)[C@@H]3C2)c(Cl)c1OC. The summed E-state index contributed by atoms with van der Waals surface area (Å²) in [5.41, 5.74) is 2.53. The molecule has 0 spiro atoms. The maximum atomic E-state index is 6.60. The summed E-state index contributed by atoms with van der Waals surface area (Å²) in [6, 6.07) is 15.4. The van der Waals surface area contributed by atoms with E-state index in [1.807, 2.05) is 6.07 Å². The number of fused-ring (bicyclic) bond motifs is 1. The average Bonchev–Trinajstić information content (AvgIpc) is 3.19. The van der Waals surface area contributed by atoms with Gasteiger partial charge in [-0.25, -0.2) is 0 Å². The van der Waals surface area contributed by atoms with E-state index in [-0.39, 0.29) is 0 Å². The van der Waals surface area contributed by atoms with E-state index in [2.05, 4.69) is 53.2 Å². The van der Waals surface area contributed by atoms with Gasteiger partial charge in [0.1, 0.15) is 0 Å². The van der Waals surface area contributed by atoms with E-state index in [1.54, 1.807) is 14.2 Å². The Hall–Kier alpha value is -1.75. The molecule has 0 bridgehead atoms. The predicted octanol–water partition coefficient (Wildman–Crippen LogP) is 4.09. The highest BCUT2D eigenvalue weighted by Crippen LogP contribution is 2.45. The van der Waals surface area contributed by atoms with Gasteiger partial charge in [-0.3, -0.25) is 9.80 Å². The van der Waals surface area contributed by atoms with Gasteiger partial charge in [-0.1, -0.05) is 48.0 Å². The summed E-state index contributed by atoms with van der Waals surface area (Å²) in [6.45, 7) is 4.21. The van der Waals surface area contributed by atoms with E-state index in [1.165, 1.54) is 5.56 Å². The summed E-state index contributed by atoms with van der Waals surface area (Å²) in [5.74, 6) is 2.67. The molecule has 5 heteroatoms. The van der Waals surface area contributed by atoms with Crippen molar-refractivity contribution in [2.24, 2.45) is 11.8 Å². The maximum absolute atomic E-state index is 6.60. The van der Waals surface area contributed by atoms with Gasteiger partial charge in [-0.2, -0.15) is 0 Å². The maximum Gasteiger partial charge on any atom is 0.179 e. The number of nitrogens with zero attached hydrogens (tertiary/aromatic N) is 2. The Bertz CT molecular complexity index is 798. The zero-order chi connectivity index (χ0) is 19.0. The fraction of sp³-hybridized carbons (Fsp3) is 0.455. The molecule has 4 nitrogen and oxygen atoms in total. The Morgan fingerprint density at radius 3 is 2.48 bits per heavy atom. The van der Waals surface area contributed by atoms with Crippen molar-refractivity contribution in [1.82, 2.24) is 9.80 Å². The fourth-order valence-electron chi connectivity index (χ4n) is 4.92. The molecule has 2 saturated heterocycles. The molecule has 0 aliphatic carbocycles. The van der Waals surface area contributed by atoms with Crippen molar-refractivity contribution >= 4 is 11.6 Å². The molecule has 4 rings (SSSR count). The van der Waals surface area contributed by atoms with Gasteiger partial charge in [0.15, 0.2) is 11.5 Å². The minimum absolute atomic E-state index is 0.502. The van der Waals surface area contributed by atoms with Crippen LogP contribution in [0.25, 0.3) is 0 Å². The Kier molecular flexibility index (Phi) is 5.31. The molecule has 27 heavy (non-hydrogen) atoms. The lowest BCUT2D eigenvalue weighted by Gasteiger charge is -2.27. The molecule has 2 aliphatic rings. The van der Waals surface area contributed by atoms with Gasteiger partial charge in [-0.05, 0) is 36.1 Å². The van der Waals surface area contributed by atoms with Gasteiger partial charge < -0.3 is 9.47 Å². The third kappa shape index (κ3) is 3.42. The van der Waals surface area contributed by atoms with Crippen LogP contribution in [0.2, 0.25) is 5.02 Å². The van der Waals surface area contributed by atoms with E-state index in [0.717, 1.165) is 31.7 Å². The van der Waals surface area contributed by atoms with Gasteiger partial charge in [0.05, 0.1) is 19.2 Å². The first-order chi connectivity index (χ1) is 13.1. The quantitative estimate of drug-likeness (QED) is 0.772. The van der Waals surface area contributed by atoms with Crippen molar-refractivity contribution < 1.29 is 9.47 Å². The van der Waals surface area contributed by atoms with Crippen molar-refractivity contribution in [3.63, 3.8) is 0 Å². The number of likely N-dealkylation sites (tertiary alicyclic amines) is 2. The predicted molar refractivity (Wildman–Crippen MR) is 109 cm³/mol. The number of rotatable bonds is 5. The highest BCUT2D eigenvalue weighted by atomic mass is 35.5. The third-order valence-electron chi connectivity index (χ3n) is 6.07. The van der Waals surface area contributed by atoms with Gasteiger partial charge in [0.25, 0.3) is 0 Å². The minimum atomic E-state index is 0.502. The molecule has 0 amide bonds. The number of methoxy groups -OCH3 is 2. The smallest absolute Gasteiger partial charge is 0.179 e. The highest BCUT2D eigenvalue weighted by Gasteiger charge is 2.45. The zero-order valence-corrected chi connectivity index (χ0v) is 16.9. The molecular formula is C22H27ClN2O2. The number of ether oxygens (including phenoxy) is 2. The monoisotopic (exact) mass is 386 g/mol. The first-order valence-corrected chi connectivity index (χ1v) is 9.87. The molecule has 144 valence electrons. The second-order valence-electron chi connectivity index (χ2n) is 7.69. The second kappa shape index (κ2) is 7.70.